The van der Waals surface area contributed by atoms with Crippen LogP contribution in [0.3, 0.4) is 0 Å². The maximum absolute atomic E-state index is 13.0. The lowest BCUT2D eigenvalue weighted by Crippen LogP contribution is -2.07. The number of aryl methyl sites for hydroxylation is 2. The topological polar surface area (TPSA) is 24.9 Å². The second-order valence-corrected chi connectivity index (χ2v) is 4.96. The van der Waals surface area contributed by atoms with Crippen LogP contribution in [0, 0.1) is 5.82 Å². The minimum absolute atomic E-state index is 0.173. The highest BCUT2D eigenvalue weighted by molar-refractivity contribution is 5.40. The van der Waals surface area contributed by atoms with E-state index >= 15 is 0 Å². The molecule has 1 N–H and O–H groups in total. The number of pyridine rings is 1. The Morgan fingerprint density at radius 1 is 1.16 bits per heavy atom. The minimum Gasteiger partial charge on any atom is -0.370 e. The number of hydrogen-bond donors (Lipinski definition) is 1. The number of aromatic nitrogens is 1. The van der Waals surface area contributed by atoms with E-state index in [0.717, 1.165) is 37.2 Å². The molecule has 0 spiro atoms. The molecule has 98 valence electrons. The molecule has 3 heteroatoms. The average Bonchev–Trinajstić information content (AvgIpc) is 2.86. The van der Waals surface area contributed by atoms with Gasteiger partial charge in [-0.05, 0) is 55.0 Å². The van der Waals surface area contributed by atoms with Gasteiger partial charge in [0.1, 0.15) is 11.6 Å². The molecule has 0 unspecified atom stereocenters. The van der Waals surface area contributed by atoms with E-state index in [9.17, 15) is 4.39 Å². The van der Waals surface area contributed by atoms with Crippen molar-refractivity contribution in [2.24, 2.45) is 0 Å². The van der Waals surface area contributed by atoms with Crippen molar-refractivity contribution in [3.05, 3.63) is 59.0 Å². The lowest BCUT2D eigenvalue weighted by atomic mass is 10.1. The van der Waals surface area contributed by atoms with Crippen LogP contribution in [-0.2, 0) is 19.3 Å². The summed E-state index contributed by atoms with van der Waals surface area (Å²) in [5, 5.41) is 3.31. The number of nitrogens with one attached hydrogen (secondary N) is 1. The summed E-state index contributed by atoms with van der Waals surface area (Å²) in [6, 6.07) is 10.9. The third kappa shape index (κ3) is 2.92. The summed E-state index contributed by atoms with van der Waals surface area (Å²) in [6.07, 6.45) is 4.27. The highest BCUT2D eigenvalue weighted by atomic mass is 19.1. The van der Waals surface area contributed by atoms with E-state index in [1.165, 1.54) is 23.7 Å². The monoisotopic (exact) mass is 256 g/mol. The van der Waals surface area contributed by atoms with Gasteiger partial charge in [0.2, 0.25) is 0 Å². The number of nitrogens with zero attached hydrogens (tertiary/aromatic N) is 1. The molecule has 1 aliphatic carbocycles. The van der Waals surface area contributed by atoms with E-state index in [0.29, 0.717) is 0 Å². The fourth-order valence-corrected chi connectivity index (χ4v) is 2.55. The van der Waals surface area contributed by atoms with Gasteiger partial charge in [-0.1, -0.05) is 18.2 Å². The normalized spacial score (nSPS) is 13.3. The summed E-state index contributed by atoms with van der Waals surface area (Å²) in [6.45, 7) is 0.773. The number of anilines is 1. The summed E-state index contributed by atoms with van der Waals surface area (Å²) in [7, 11) is 0. The first-order valence-electron chi connectivity index (χ1n) is 6.78. The smallest absolute Gasteiger partial charge is 0.126 e. The van der Waals surface area contributed by atoms with Gasteiger partial charge in [-0.25, -0.2) is 9.37 Å². The Labute approximate surface area is 112 Å². The number of rotatable bonds is 4. The van der Waals surface area contributed by atoms with Crippen LogP contribution in [0.2, 0.25) is 0 Å². The van der Waals surface area contributed by atoms with Crippen LogP contribution >= 0.6 is 0 Å². The SMILES string of the molecule is Fc1cccc(CCNc2ccc3c(n2)CCC3)c1. The van der Waals surface area contributed by atoms with Crippen LogP contribution in [0.1, 0.15) is 23.2 Å². The van der Waals surface area contributed by atoms with Crippen LogP contribution in [-0.4, -0.2) is 11.5 Å². The number of hydrogen-bond acceptors (Lipinski definition) is 2. The second-order valence-electron chi connectivity index (χ2n) is 4.96. The summed E-state index contributed by atoms with van der Waals surface area (Å²) >= 11 is 0. The van der Waals surface area contributed by atoms with E-state index in [1.54, 1.807) is 12.1 Å². The molecule has 0 atom stereocenters. The summed E-state index contributed by atoms with van der Waals surface area (Å²) in [5.41, 5.74) is 3.63. The minimum atomic E-state index is -0.173. The molecule has 19 heavy (non-hydrogen) atoms. The van der Waals surface area contributed by atoms with Crippen LogP contribution in [0.15, 0.2) is 36.4 Å². The predicted molar refractivity (Wildman–Crippen MR) is 74.9 cm³/mol. The molecule has 1 aromatic carbocycles. The van der Waals surface area contributed by atoms with Gasteiger partial charge in [0.25, 0.3) is 0 Å². The predicted octanol–water partition coefficient (Wildman–Crippen LogP) is 3.36. The Bertz CT molecular complexity index is 581. The first-order valence-corrected chi connectivity index (χ1v) is 6.78. The van der Waals surface area contributed by atoms with E-state index in [2.05, 4.69) is 16.4 Å². The molecule has 0 radical (unpaired) electrons. The first-order chi connectivity index (χ1) is 9.31. The van der Waals surface area contributed by atoms with Crippen molar-refractivity contribution in [1.82, 2.24) is 4.98 Å². The molecule has 1 heterocycles. The Kier molecular flexibility index (Phi) is 3.45. The summed E-state index contributed by atoms with van der Waals surface area (Å²) < 4.78 is 13.0. The summed E-state index contributed by atoms with van der Waals surface area (Å²) in [4.78, 5) is 4.62. The molecule has 0 saturated carbocycles. The zero-order valence-electron chi connectivity index (χ0n) is 10.8. The second kappa shape index (κ2) is 5.39. The van der Waals surface area contributed by atoms with E-state index in [-0.39, 0.29) is 5.82 Å². The van der Waals surface area contributed by atoms with Crippen LogP contribution < -0.4 is 5.32 Å². The van der Waals surface area contributed by atoms with Crippen molar-refractivity contribution in [2.75, 3.05) is 11.9 Å². The van der Waals surface area contributed by atoms with Crippen molar-refractivity contribution in [2.45, 2.75) is 25.7 Å². The van der Waals surface area contributed by atoms with E-state index in [4.69, 9.17) is 0 Å². The van der Waals surface area contributed by atoms with Crippen molar-refractivity contribution in [3.8, 4) is 0 Å². The van der Waals surface area contributed by atoms with Crippen LogP contribution in [0.4, 0.5) is 10.2 Å². The molecular formula is C16H17FN2. The maximum atomic E-state index is 13.0. The van der Waals surface area contributed by atoms with Crippen molar-refractivity contribution >= 4 is 5.82 Å². The Balaban J connectivity index is 1.58. The van der Waals surface area contributed by atoms with Crippen molar-refractivity contribution < 1.29 is 4.39 Å². The summed E-state index contributed by atoms with van der Waals surface area (Å²) in [5.74, 6) is 0.755. The van der Waals surface area contributed by atoms with Gasteiger partial charge in [-0.15, -0.1) is 0 Å². The molecule has 3 rings (SSSR count). The molecule has 0 fully saturated rings. The van der Waals surface area contributed by atoms with Gasteiger partial charge in [-0.3, -0.25) is 0 Å². The molecule has 1 aliphatic rings. The third-order valence-electron chi connectivity index (χ3n) is 3.54. The molecule has 0 bridgehead atoms. The van der Waals surface area contributed by atoms with Crippen LogP contribution in [0.5, 0.6) is 0 Å². The largest absolute Gasteiger partial charge is 0.370 e. The Hall–Kier alpha value is -1.90. The molecule has 2 nitrogen and oxygen atoms in total. The van der Waals surface area contributed by atoms with Gasteiger partial charge in [-0.2, -0.15) is 0 Å². The van der Waals surface area contributed by atoms with E-state index in [1.807, 2.05) is 12.1 Å². The van der Waals surface area contributed by atoms with Crippen LogP contribution in [0.25, 0.3) is 0 Å². The zero-order chi connectivity index (χ0) is 13.1. The molecule has 2 aromatic rings. The fraction of sp³-hybridized carbons (Fsp3) is 0.312. The molecule has 1 aromatic heterocycles. The fourth-order valence-electron chi connectivity index (χ4n) is 2.55. The van der Waals surface area contributed by atoms with Gasteiger partial charge >= 0.3 is 0 Å². The van der Waals surface area contributed by atoms with E-state index < -0.39 is 0 Å². The quantitative estimate of drug-likeness (QED) is 0.907. The van der Waals surface area contributed by atoms with Crippen molar-refractivity contribution in [3.63, 3.8) is 0 Å². The molecule has 0 aliphatic heterocycles. The van der Waals surface area contributed by atoms with Gasteiger partial charge < -0.3 is 5.32 Å². The van der Waals surface area contributed by atoms with Gasteiger partial charge in [0.15, 0.2) is 0 Å². The standard InChI is InChI=1S/C16H17FN2/c17-14-5-1-3-12(11-14)9-10-18-16-8-7-13-4-2-6-15(13)19-16/h1,3,5,7-8,11H,2,4,6,9-10H2,(H,18,19). The lowest BCUT2D eigenvalue weighted by Gasteiger charge is -2.07. The first kappa shape index (κ1) is 12.2. The van der Waals surface area contributed by atoms with Crippen molar-refractivity contribution in [1.29, 1.82) is 0 Å². The number of halogens is 1. The molecule has 0 amide bonds. The Morgan fingerprint density at radius 3 is 3.00 bits per heavy atom. The van der Waals surface area contributed by atoms with Gasteiger partial charge in [0, 0.05) is 12.2 Å². The number of benzene rings is 1. The third-order valence-corrected chi connectivity index (χ3v) is 3.54. The zero-order valence-corrected chi connectivity index (χ0v) is 10.8. The molecular weight excluding hydrogens is 239 g/mol. The maximum Gasteiger partial charge on any atom is 0.126 e. The lowest BCUT2D eigenvalue weighted by molar-refractivity contribution is 0.625. The number of fused-ring (bicyclic) bond motifs is 1. The van der Waals surface area contributed by atoms with Gasteiger partial charge in [0.05, 0.1) is 0 Å². The molecule has 0 saturated heterocycles. The Morgan fingerprint density at radius 2 is 2.11 bits per heavy atom. The average molecular weight is 256 g/mol. The highest BCUT2D eigenvalue weighted by Crippen LogP contribution is 2.21. The highest BCUT2D eigenvalue weighted by Gasteiger charge is 2.11.